The summed E-state index contributed by atoms with van der Waals surface area (Å²) < 4.78 is 10.7. The average molecular weight is 224 g/mol. The summed E-state index contributed by atoms with van der Waals surface area (Å²) in [5.74, 6) is 0.554. The first-order chi connectivity index (χ1) is 7.29. The Hall–Kier alpha value is -1.20. The molecule has 0 bridgehead atoms. The second-order valence-corrected chi connectivity index (χ2v) is 3.84. The molecule has 0 spiro atoms. The van der Waals surface area contributed by atoms with Gasteiger partial charge in [0, 0.05) is 12.3 Å². The van der Waals surface area contributed by atoms with Crippen LogP contribution in [0.2, 0.25) is 0 Å². The van der Waals surface area contributed by atoms with E-state index in [0.717, 1.165) is 11.1 Å². The van der Waals surface area contributed by atoms with Gasteiger partial charge in [-0.05, 0) is 36.9 Å². The van der Waals surface area contributed by atoms with Crippen molar-refractivity contribution in [2.24, 2.45) is 0 Å². The van der Waals surface area contributed by atoms with Crippen molar-refractivity contribution in [3.8, 4) is 0 Å². The normalized spacial score (nSPS) is 11.0. The van der Waals surface area contributed by atoms with Gasteiger partial charge in [0.05, 0.1) is 0 Å². The van der Waals surface area contributed by atoms with Crippen molar-refractivity contribution < 1.29 is 9.15 Å². The lowest BCUT2D eigenvalue weighted by Crippen LogP contribution is -1.87. The lowest BCUT2D eigenvalue weighted by atomic mass is 10.3. The van der Waals surface area contributed by atoms with Crippen LogP contribution in [0.4, 0.5) is 5.69 Å². The van der Waals surface area contributed by atoms with E-state index in [9.17, 15) is 0 Å². The van der Waals surface area contributed by atoms with Crippen LogP contribution in [0.15, 0.2) is 27.8 Å². The monoisotopic (exact) mass is 224 g/mol. The third-order valence-electron chi connectivity index (χ3n) is 1.86. The molecule has 1 aromatic carbocycles. The summed E-state index contributed by atoms with van der Waals surface area (Å²) in [7, 11) is 0. The van der Waals surface area contributed by atoms with Gasteiger partial charge >= 0.3 is 0 Å². The molecule has 15 heavy (non-hydrogen) atoms. The van der Waals surface area contributed by atoms with Gasteiger partial charge in [-0.2, -0.15) is 0 Å². The largest absolute Gasteiger partial charge is 0.431 e. The highest BCUT2D eigenvalue weighted by Crippen LogP contribution is 2.24. The second-order valence-electron chi connectivity index (χ2n) is 2.96. The van der Waals surface area contributed by atoms with Gasteiger partial charge in [-0.15, -0.1) is 0 Å². The minimum absolute atomic E-state index is 0.554. The van der Waals surface area contributed by atoms with E-state index in [0.29, 0.717) is 23.5 Å². The van der Waals surface area contributed by atoms with Crippen molar-refractivity contribution in [1.29, 1.82) is 0 Å². The van der Waals surface area contributed by atoms with E-state index in [-0.39, 0.29) is 0 Å². The predicted octanol–water partition coefficient (Wildman–Crippen LogP) is 2.50. The maximum Gasteiger partial charge on any atom is 0.259 e. The van der Waals surface area contributed by atoms with Crippen LogP contribution in [-0.2, 0) is 4.74 Å². The van der Waals surface area contributed by atoms with Crippen LogP contribution < -0.4 is 5.73 Å². The Morgan fingerprint density at radius 2 is 2.40 bits per heavy atom. The summed E-state index contributed by atoms with van der Waals surface area (Å²) in [6.07, 6.45) is 0. The number of anilines is 1. The van der Waals surface area contributed by atoms with Gasteiger partial charge in [0.2, 0.25) is 0 Å². The molecule has 2 aromatic rings. The van der Waals surface area contributed by atoms with Crippen LogP contribution in [0.1, 0.15) is 6.92 Å². The molecule has 0 aliphatic rings. The molecule has 0 radical (unpaired) electrons. The summed E-state index contributed by atoms with van der Waals surface area (Å²) in [6.45, 7) is 2.65. The number of nitrogens with zero attached hydrogens (tertiary/aromatic N) is 1. The third kappa shape index (κ3) is 2.43. The lowest BCUT2D eigenvalue weighted by Gasteiger charge is -1.94. The van der Waals surface area contributed by atoms with E-state index in [1.807, 2.05) is 13.0 Å². The average Bonchev–Trinajstić information content (AvgIpc) is 2.60. The smallest absolute Gasteiger partial charge is 0.259 e. The molecule has 80 valence electrons. The fourth-order valence-corrected chi connectivity index (χ4v) is 1.82. The third-order valence-corrected chi connectivity index (χ3v) is 2.57. The molecular weight excluding hydrogens is 212 g/mol. The first-order valence-corrected chi connectivity index (χ1v) is 5.65. The molecule has 0 fully saturated rings. The number of aromatic nitrogens is 1. The number of nitrogens with two attached hydrogens (primary N) is 1. The van der Waals surface area contributed by atoms with E-state index in [4.69, 9.17) is 14.9 Å². The van der Waals surface area contributed by atoms with E-state index in [1.54, 1.807) is 12.1 Å². The quantitative estimate of drug-likeness (QED) is 0.374. The molecular formula is C10H12N2O2S. The molecule has 0 atom stereocenters. The zero-order valence-corrected chi connectivity index (χ0v) is 9.21. The van der Waals surface area contributed by atoms with Crippen molar-refractivity contribution in [3.63, 3.8) is 0 Å². The number of rotatable bonds is 4. The molecule has 4 nitrogen and oxygen atoms in total. The Labute approximate surface area is 91.8 Å². The summed E-state index contributed by atoms with van der Waals surface area (Å²) in [5.41, 5.74) is 7.87. The fraction of sp³-hybridized carbons (Fsp3) is 0.300. The number of ether oxygens (including phenoxy) is 1. The van der Waals surface area contributed by atoms with Crippen molar-refractivity contribution in [1.82, 2.24) is 4.98 Å². The van der Waals surface area contributed by atoms with Crippen LogP contribution in [-0.4, -0.2) is 17.5 Å². The lowest BCUT2D eigenvalue weighted by molar-refractivity contribution is 0.198. The number of oxazole rings is 1. The number of hydrogen-bond donors (Lipinski definition) is 1. The maximum absolute atomic E-state index is 5.64. The molecule has 0 unspecified atom stereocenters. The molecule has 2 rings (SSSR count). The standard InChI is InChI=1S/C10H12N2O2S/c1-2-13-6-15-10-12-8-5-7(11)3-4-9(8)14-10/h3-5H,2,6,11H2,1H3. The topological polar surface area (TPSA) is 61.3 Å². The molecule has 5 heteroatoms. The molecule has 0 aliphatic heterocycles. The van der Waals surface area contributed by atoms with Crippen molar-refractivity contribution in [3.05, 3.63) is 18.2 Å². The van der Waals surface area contributed by atoms with Crippen molar-refractivity contribution in [2.45, 2.75) is 12.1 Å². The highest BCUT2D eigenvalue weighted by atomic mass is 32.2. The molecule has 0 saturated heterocycles. The summed E-state index contributed by atoms with van der Waals surface area (Å²) in [4.78, 5) is 4.28. The van der Waals surface area contributed by atoms with Gasteiger partial charge < -0.3 is 14.9 Å². The zero-order chi connectivity index (χ0) is 10.7. The van der Waals surface area contributed by atoms with Crippen LogP contribution >= 0.6 is 11.8 Å². The van der Waals surface area contributed by atoms with Gasteiger partial charge in [0.1, 0.15) is 11.5 Å². The molecule has 0 saturated carbocycles. The van der Waals surface area contributed by atoms with Crippen LogP contribution in [0, 0.1) is 0 Å². The van der Waals surface area contributed by atoms with Gasteiger partial charge in [0.15, 0.2) is 5.58 Å². The number of fused-ring (bicyclic) bond motifs is 1. The zero-order valence-electron chi connectivity index (χ0n) is 8.40. The molecule has 0 aliphatic carbocycles. The van der Waals surface area contributed by atoms with Crippen LogP contribution in [0.3, 0.4) is 0 Å². The fourth-order valence-electron chi connectivity index (χ4n) is 1.16. The Morgan fingerprint density at radius 3 is 3.20 bits per heavy atom. The van der Waals surface area contributed by atoms with Gasteiger partial charge in [-0.25, -0.2) is 4.98 Å². The van der Waals surface area contributed by atoms with E-state index < -0.39 is 0 Å². The van der Waals surface area contributed by atoms with Crippen molar-refractivity contribution >= 4 is 28.5 Å². The summed E-state index contributed by atoms with van der Waals surface area (Å²) >= 11 is 1.44. The number of thioether (sulfide) groups is 1. The Balaban J connectivity index is 2.16. The Morgan fingerprint density at radius 1 is 1.53 bits per heavy atom. The minimum Gasteiger partial charge on any atom is -0.431 e. The second kappa shape index (κ2) is 4.55. The maximum atomic E-state index is 5.64. The summed E-state index contributed by atoms with van der Waals surface area (Å²) in [6, 6.07) is 5.41. The minimum atomic E-state index is 0.554. The number of hydrogen-bond acceptors (Lipinski definition) is 5. The van der Waals surface area contributed by atoms with E-state index >= 15 is 0 Å². The van der Waals surface area contributed by atoms with Gasteiger partial charge in [-0.3, -0.25) is 0 Å². The molecule has 0 amide bonds. The highest BCUT2D eigenvalue weighted by Gasteiger charge is 2.05. The first-order valence-electron chi connectivity index (χ1n) is 4.66. The Bertz CT molecular complexity index is 456. The molecule has 1 heterocycles. The SMILES string of the molecule is CCOCSc1nc2cc(N)ccc2o1. The van der Waals surface area contributed by atoms with Crippen LogP contribution in [0.5, 0.6) is 0 Å². The number of nitrogen functional groups attached to an aromatic ring is 1. The van der Waals surface area contributed by atoms with Gasteiger partial charge in [-0.1, -0.05) is 0 Å². The van der Waals surface area contributed by atoms with Gasteiger partial charge in [0.25, 0.3) is 5.22 Å². The number of benzene rings is 1. The molecule has 2 N–H and O–H groups in total. The van der Waals surface area contributed by atoms with Crippen molar-refractivity contribution in [2.75, 3.05) is 18.3 Å². The predicted molar refractivity (Wildman–Crippen MR) is 60.8 cm³/mol. The summed E-state index contributed by atoms with van der Waals surface area (Å²) in [5, 5.41) is 0.615. The van der Waals surface area contributed by atoms with E-state index in [2.05, 4.69) is 4.98 Å². The first kappa shape index (κ1) is 10.3. The van der Waals surface area contributed by atoms with E-state index in [1.165, 1.54) is 11.8 Å². The molecule has 1 aromatic heterocycles. The highest BCUT2D eigenvalue weighted by molar-refractivity contribution is 7.98. The Kier molecular flexibility index (Phi) is 3.13. The van der Waals surface area contributed by atoms with Crippen LogP contribution in [0.25, 0.3) is 11.1 Å².